The molecule has 0 unspecified atom stereocenters. The number of nitrogens with one attached hydrogen (secondary N) is 1. The lowest BCUT2D eigenvalue weighted by atomic mass is 10.1. The van der Waals surface area contributed by atoms with Crippen LogP contribution in [0.3, 0.4) is 0 Å². The molecule has 0 aliphatic carbocycles. The number of benzene rings is 1. The molecule has 1 amide bonds. The van der Waals surface area contributed by atoms with Gasteiger partial charge in [0, 0.05) is 24.3 Å². The lowest BCUT2D eigenvalue weighted by molar-refractivity contribution is -0.112. The van der Waals surface area contributed by atoms with E-state index in [2.05, 4.69) is 22.0 Å². The quantitative estimate of drug-likeness (QED) is 0.394. The van der Waals surface area contributed by atoms with Crippen molar-refractivity contribution in [2.75, 3.05) is 78.1 Å². The van der Waals surface area contributed by atoms with Gasteiger partial charge in [-0.15, -0.1) is 0 Å². The van der Waals surface area contributed by atoms with Crippen molar-refractivity contribution in [2.45, 2.75) is 13.5 Å². The summed E-state index contributed by atoms with van der Waals surface area (Å²) in [5.74, 6) is 0.500. The molecular weight excluding hydrogens is 522 g/mol. The van der Waals surface area contributed by atoms with Crippen LogP contribution in [0, 0.1) is 0 Å². The van der Waals surface area contributed by atoms with Gasteiger partial charge in [-0.25, -0.2) is 0 Å². The smallest absolute Gasteiger partial charge is 0.260 e. The summed E-state index contributed by atoms with van der Waals surface area (Å²) in [6.07, 6.45) is 2.55. The number of amides is 1. The summed E-state index contributed by atoms with van der Waals surface area (Å²) in [5, 5.41) is 3.64. The maximum absolute atomic E-state index is 13.5. The summed E-state index contributed by atoms with van der Waals surface area (Å²) >= 11 is 0. The first-order valence-electron chi connectivity index (χ1n) is 13.0. The van der Waals surface area contributed by atoms with Gasteiger partial charge in [0.25, 0.3) is 11.5 Å². The number of aromatic nitrogens is 1. The number of carbonyl (C=O) groups is 1. The van der Waals surface area contributed by atoms with Crippen molar-refractivity contribution >= 4 is 35.4 Å². The normalized spacial score (nSPS) is 16.8. The van der Waals surface area contributed by atoms with Crippen LogP contribution >= 0.6 is 0 Å². The highest BCUT2D eigenvalue weighted by atomic mass is 16.6. The molecule has 0 fully saturated rings. The predicted molar refractivity (Wildman–Crippen MR) is 152 cm³/mol. The number of hydrogen-bond donors (Lipinski definition) is 2. The van der Waals surface area contributed by atoms with Crippen molar-refractivity contribution in [1.82, 2.24) is 4.57 Å². The third-order valence-electron chi connectivity index (χ3n) is 5.67. The van der Waals surface area contributed by atoms with E-state index >= 15 is 0 Å². The zero-order valence-corrected chi connectivity index (χ0v) is 22.8. The van der Waals surface area contributed by atoms with Gasteiger partial charge in [-0.3, -0.25) is 24.1 Å². The molecule has 1 aliphatic rings. The second-order valence-electron chi connectivity index (χ2n) is 8.29. The SMILES string of the molecule is C=N/C=C(\C=NCN)C(=O)Nc1cc2c3c(ccc2c(=O)n1CC)OCCOCCOCCOCCOCCO3. The van der Waals surface area contributed by atoms with Crippen LogP contribution < -0.4 is 26.1 Å². The Morgan fingerprint density at radius 1 is 0.975 bits per heavy atom. The molecule has 2 aromatic rings. The van der Waals surface area contributed by atoms with Gasteiger partial charge in [0.05, 0.1) is 70.5 Å². The van der Waals surface area contributed by atoms with Gasteiger partial charge in [-0.2, -0.15) is 0 Å². The van der Waals surface area contributed by atoms with Crippen molar-refractivity contribution in [3.8, 4) is 11.5 Å². The van der Waals surface area contributed by atoms with E-state index in [0.717, 1.165) is 0 Å². The predicted octanol–water partition coefficient (Wildman–Crippen LogP) is 1.37. The second-order valence-corrected chi connectivity index (χ2v) is 8.29. The minimum Gasteiger partial charge on any atom is -0.487 e. The average molecular weight is 560 g/mol. The van der Waals surface area contributed by atoms with Crippen molar-refractivity contribution in [2.24, 2.45) is 15.7 Å². The minimum absolute atomic E-state index is 0.00353. The van der Waals surface area contributed by atoms with Crippen LogP contribution in [0.5, 0.6) is 11.5 Å². The summed E-state index contributed by atoms with van der Waals surface area (Å²) in [6.45, 7) is 9.20. The molecule has 40 heavy (non-hydrogen) atoms. The van der Waals surface area contributed by atoms with Crippen molar-refractivity contribution < 1.29 is 33.2 Å². The van der Waals surface area contributed by atoms with Gasteiger partial charge >= 0.3 is 0 Å². The molecule has 0 radical (unpaired) electrons. The summed E-state index contributed by atoms with van der Waals surface area (Å²) in [6, 6.07) is 5.04. The molecule has 218 valence electrons. The van der Waals surface area contributed by atoms with Gasteiger partial charge in [0.2, 0.25) is 0 Å². The molecular formula is C27H37N5O8. The van der Waals surface area contributed by atoms with E-state index in [0.29, 0.717) is 75.1 Å². The maximum Gasteiger partial charge on any atom is 0.260 e. The molecule has 0 spiro atoms. The fourth-order valence-corrected chi connectivity index (χ4v) is 3.82. The molecule has 1 aromatic heterocycles. The molecule has 0 atom stereocenters. The van der Waals surface area contributed by atoms with Gasteiger partial charge in [-0.1, -0.05) is 0 Å². The van der Waals surface area contributed by atoms with E-state index in [1.54, 1.807) is 25.1 Å². The van der Waals surface area contributed by atoms with Crippen LogP contribution in [0.2, 0.25) is 0 Å². The number of aliphatic imine (C=N–C) groups is 2. The minimum atomic E-state index is -0.537. The number of pyridine rings is 1. The molecule has 0 saturated carbocycles. The van der Waals surface area contributed by atoms with Crippen LogP contribution in [-0.2, 0) is 30.3 Å². The van der Waals surface area contributed by atoms with Gasteiger partial charge < -0.3 is 39.5 Å². The Labute approximate surface area is 232 Å². The van der Waals surface area contributed by atoms with Crippen LogP contribution in [0.4, 0.5) is 5.82 Å². The van der Waals surface area contributed by atoms with Crippen LogP contribution in [-0.4, -0.2) is 96.1 Å². The fraction of sp³-hybridized carbons (Fsp3) is 0.481. The molecule has 0 saturated heterocycles. The standard InChI is InChI=1S/C27H37N5O8/c1-3-32-24(31-26(33)20(17-29-2)18-30-19-28)16-22-21(27(32)34)4-5-23-25(22)40-15-13-38-11-9-36-7-6-35-8-10-37-12-14-39-23/h4-5,16-18H,2-3,6-15,19,28H2,1H3,(H,31,33)/b20-17+,30-18?. The van der Waals surface area contributed by atoms with Crippen molar-refractivity contribution in [1.29, 1.82) is 0 Å². The number of fused-ring (bicyclic) bond motifs is 3. The Kier molecular flexibility index (Phi) is 13.3. The van der Waals surface area contributed by atoms with E-state index in [9.17, 15) is 9.59 Å². The molecule has 3 rings (SSSR count). The van der Waals surface area contributed by atoms with Crippen LogP contribution in [0.25, 0.3) is 10.8 Å². The first kappa shape index (κ1) is 30.9. The first-order valence-corrected chi connectivity index (χ1v) is 13.0. The average Bonchev–Trinajstić information content (AvgIpc) is 2.95. The largest absolute Gasteiger partial charge is 0.487 e. The first-order chi connectivity index (χ1) is 19.6. The van der Waals surface area contributed by atoms with Crippen molar-refractivity contribution in [3.63, 3.8) is 0 Å². The van der Waals surface area contributed by atoms with Crippen molar-refractivity contribution in [3.05, 3.63) is 40.3 Å². The summed E-state index contributed by atoms with van der Waals surface area (Å²) < 4.78 is 35.6. The van der Waals surface area contributed by atoms with E-state index < -0.39 is 5.91 Å². The number of nitrogens with zero attached hydrogens (tertiary/aromatic N) is 3. The summed E-state index contributed by atoms with van der Waals surface area (Å²) in [4.78, 5) is 34.0. The zero-order valence-electron chi connectivity index (χ0n) is 22.8. The van der Waals surface area contributed by atoms with E-state index in [4.69, 9.17) is 34.2 Å². The van der Waals surface area contributed by atoms with E-state index in [1.165, 1.54) is 17.0 Å². The lowest BCUT2D eigenvalue weighted by Crippen LogP contribution is -2.26. The Hall–Kier alpha value is -3.62. The highest BCUT2D eigenvalue weighted by Crippen LogP contribution is 2.36. The molecule has 0 bridgehead atoms. The van der Waals surface area contributed by atoms with Gasteiger partial charge in [0.1, 0.15) is 19.0 Å². The third-order valence-corrected chi connectivity index (χ3v) is 5.67. The third kappa shape index (κ3) is 8.96. The maximum atomic E-state index is 13.5. The second kappa shape index (κ2) is 17.2. The van der Waals surface area contributed by atoms with Gasteiger partial charge in [0.15, 0.2) is 11.5 Å². The van der Waals surface area contributed by atoms with E-state index in [-0.39, 0.29) is 43.4 Å². The Balaban J connectivity index is 1.96. The Morgan fingerprint density at radius 2 is 1.57 bits per heavy atom. The number of rotatable bonds is 6. The number of hydrogen-bond acceptors (Lipinski definition) is 11. The summed E-state index contributed by atoms with van der Waals surface area (Å²) in [7, 11) is 0. The molecule has 1 aromatic carbocycles. The van der Waals surface area contributed by atoms with Crippen LogP contribution in [0.15, 0.2) is 44.8 Å². The number of nitrogens with two attached hydrogens (primary N) is 1. The highest BCUT2D eigenvalue weighted by molar-refractivity contribution is 6.17. The van der Waals surface area contributed by atoms with Crippen LogP contribution in [0.1, 0.15) is 6.92 Å². The summed E-state index contributed by atoms with van der Waals surface area (Å²) in [5.41, 5.74) is 5.24. The zero-order chi connectivity index (χ0) is 28.6. The Bertz CT molecular complexity index is 1240. The highest BCUT2D eigenvalue weighted by Gasteiger charge is 2.19. The Morgan fingerprint density at radius 3 is 2.15 bits per heavy atom. The number of carbonyl (C=O) groups excluding carboxylic acids is 1. The van der Waals surface area contributed by atoms with Gasteiger partial charge in [-0.05, 0) is 31.8 Å². The monoisotopic (exact) mass is 559 g/mol. The molecule has 3 N–H and O–H groups in total. The fourth-order valence-electron chi connectivity index (χ4n) is 3.82. The molecule has 13 nitrogen and oxygen atoms in total. The molecule has 1 aliphatic heterocycles. The lowest BCUT2D eigenvalue weighted by Gasteiger charge is -2.18. The topological polar surface area (TPSA) is 157 Å². The number of anilines is 1. The molecule has 13 heteroatoms. The number of ether oxygens (including phenoxy) is 6. The van der Waals surface area contributed by atoms with E-state index in [1.807, 2.05) is 0 Å². The molecule has 2 heterocycles.